The number of fused-ring (bicyclic) bond motifs is 3. The lowest BCUT2D eigenvalue weighted by molar-refractivity contribution is 0.0761. The minimum atomic E-state index is -1.27. The van der Waals surface area contributed by atoms with E-state index in [-0.39, 0.29) is 29.1 Å². The monoisotopic (exact) mass is 555 g/mol. The molecular weight excluding hydrogens is 522 g/mol. The summed E-state index contributed by atoms with van der Waals surface area (Å²) in [6.45, 7) is 7.40. The molecule has 1 saturated carbocycles. The second kappa shape index (κ2) is 9.95. The van der Waals surface area contributed by atoms with Crippen LogP contribution in [0.25, 0.3) is 39.1 Å². The molecule has 1 aliphatic carbocycles. The van der Waals surface area contributed by atoms with E-state index in [4.69, 9.17) is 14.9 Å². The summed E-state index contributed by atoms with van der Waals surface area (Å²) < 4.78 is 14.9. The fourth-order valence-corrected chi connectivity index (χ4v) is 5.80. The molecule has 206 valence electrons. The van der Waals surface area contributed by atoms with Crippen LogP contribution in [0.5, 0.6) is 0 Å². The average molecular weight is 556 g/mol. The molecule has 0 atom stereocenters. The number of hydrogen-bond acceptors (Lipinski definition) is 7. The molecule has 5 aromatic rings. The van der Waals surface area contributed by atoms with E-state index in [9.17, 15) is 9.59 Å². The van der Waals surface area contributed by atoms with Gasteiger partial charge in [0.15, 0.2) is 5.58 Å². The fourth-order valence-electron chi connectivity index (χ4n) is 5.04. The van der Waals surface area contributed by atoms with Gasteiger partial charge in [-0.15, -0.1) is 5.10 Å². The molecule has 10 heteroatoms. The molecule has 4 heterocycles. The first-order valence-corrected chi connectivity index (χ1v) is 17.3. The van der Waals surface area contributed by atoms with Gasteiger partial charge in [0.1, 0.15) is 12.5 Å². The van der Waals surface area contributed by atoms with Crippen molar-refractivity contribution in [3.05, 3.63) is 87.3 Å². The number of aromatic nitrogens is 4. The van der Waals surface area contributed by atoms with Crippen LogP contribution in [0.2, 0.25) is 25.7 Å². The van der Waals surface area contributed by atoms with Crippen LogP contribution < -0.4 is 16.9 Å². The predicted molar refractivity (Wildman–Crippen MR) is 158 cm³/mol. The summed E-state index contributed by atoms with van der Waals surface area (Å²) in [6.07, 6.45) is 6.15. The molecule has 0 unspecified atom stereocenters. The normalized spacial score (nSPS) is 15.0. The van der Waals surface area contributed by atoms with Gasteiger partial charge in [0.2, 0.25) is 11.1 Å². The van der Waals surface area contributed by atoms with Gasteiger partial charge in [0.05, 0.1) is 22.2 Å². The highest BCUT2D eigenvalue weighted by atomic mass is 28.3. The van der Waals surface area contributed by atoms with E-state index in [0.29, 0.717) is 28.9 Å². The van der Waals surface area contributed by atoms with Crippen molar-refractivity contribution in [2.45, 2.75) is 57.2 Å². The van der Waals surface area contributed by atoms with Crippen molar-refractivity contribution in [2.24, 2.45) is 5.73 Å². The van der Waals surface area contributed by atoms with Gasteiger partial charge in [0.25, 0.3) is 0 Å². The second-order valence-corrected chi connectivity index (χ2v) is 17.4. The lowest BCUT2D eigenvalue weighted by Crippen LogP contribution is -2.43. The number of hydrogen-bond donors (Lipinski definition) is 1. The molecule has 1 aliphatic rings. The lowest BCUT2D eigenvalue weighted by atomic mass is 9.75. The fraction of sp³-hybridized carbons (Fsp3) is 0.333. The van der Waals surface area contributed by atoms with Gasteiger partial charge in [0, 0.05) is 38.2 Å². The Morgan fingerprint density at radius 2 is 1.82 bits per heavy atom. The lowest BCUT2D eigenvalue weighted by Gasteiger charge is -2.37. The predicted octanol–water partition coefficient (Wildman–Crippen LogP) is 4.98. The Labute approximate surface area is 232 Å². The molecule has 0 spiro atoms. The summed E-state index contributed by atoms with van der Waals surface area (Å²) in [4.78, 5) is 31.8. The van der Waals surface area contributed by atoms with Crippen molar-refractivity contribution in [2.75, 3.05) is 6.61 Å². The van der Waals surface area contributed by atoms with Crippen molar-refractivity contribution in [1.29, 1.82) is 0 Å². The van der Waals surface area contributed by atoms with Crippen LogP contribution in [0.1, 0.15) is 25.0 Å². The first-order chi connectivity index (χ1) is 19.1. The van der Waals surface area contributed by atoms with Gasteiger partial charge in [-0.1, -0.05) is 56.0 Å². The maximum absolute atomic E-state index is 14.1. The maximum Gasteiger partial charge on any atom is 0.352 e. The molecule has 0 amide bonds. The Morgan fingerprint density at radius 3 is 2.48 bits per heavy atom. The zero-order valence-corrected chi connectivity index (χ0v) is 24.0. The highest BCUT2D eigenvalue weighted by Crippen LogP contribution is 2.39. The Kier molecular flexibility index (Phi) is 6.56. The van der Waals surface area contributed by atoms with Gasteiger partial charge in [-0.05, 0) is 37.4 Å². The van der Waals surface area contributed by atoms with E-state index in [0.717, 1.165) is 36.6 Å². The van der Waals surface area contributed by atoms with Crippen molar-refractivity contribution >= 4 is 24.7 Å². The number of ether oxygens (including phenoxy) is 1. The van der Waals surface area contributed by atoms with Gasteiger partial charge in [-0.2, -0.15) is 4.68 Å². The number of nitrogens with two attached hydrogens (primary N) is 1. The molecule has 1 aromatic carbocycles. The molecule has 0 aliphatic heterocycles. The molecule has 4 aromatic heterocycles. The first-order valence-electron chi connectivity index (χ1n) is 13.6. The Morgan fingerprint density at radius 1 is 1.05 bits per heavy atom. The third kappa shape index (κ3) is 4.72. The van der Waals surface area contributed by atoms with E-state index in [1.54, 1.807) is 18.5 Å². The minimum absolute atomic E-state index is 0.0288. The largest absolute Gasteiger partial charge is 0.451 e. The van der Waals surface area contributed by atoms with Gasteiger partial charge in [-0.25, -0.2) is 9.20 Å². The molecule has 2 N–H and O–H groups in total. The first kappa shape index (κ1) is 26.4. The molecule has 0 saturated heterocycles. The molecule has 40 heavy (non-hydrogen) atoms. The van der Waals surface area contributed by atoms with E-state index < -0.39 is 13.6 Å². The molecule has 0 radical (unpaired) electrons. The van der Waals surface area contributed by atoms with Gasteiger partial charge < -0.3 is 14.9 Å². The van der Waals surface area contributed by atoms with Crippen molar-refractivity contribution in [3.63, 3.8) is 0 Å². The highest BCUT2D eigenvalue weighted by Gasteiger charge is 2.35. The number of rotatable bonds is 8. The van der Waals surface area contributed by atoms with Gasteiger partial charge >= 0.3 is 5.69 Å². The van der Waals surface area contributed by atoms with Crippen molar-refractivity contribution in [1.82, 2.24) is 19.2 Å². The number of benzene rings is 1. The van der Waals surface area contributed by atoms with E-state index in [1.165, 1.54) is 9.08 Å². The van der Waals surface area contributed by atoms with E-state index in [2.05, 4.69) is 29.7 Å². The maximum atomic E-state index is 14.1. The van der Waals surface area contributed by atoms with Crippen LogP contribution in [0, 0.1) is 0 Å². The minimum Gasteiger partial charge on any atom is -0.451 e. The van der Waals surface area contributed by atoms with Crippen molar-refractivity contribution < 1.29 is 9.15 Å². The molecule has 0 bridgehead atoms. The summed E-state index contributed by atoms with van der Waals surface area (Å²) in [6, 6.07) is 15.8. The van der Waals surface area contributed by atoms with Crippen LogP contribution in [-0.4, -0.2) is 33.8 Å². The van der Waals surface area contributed by atoms with Crippen LogP contribution >= 0.6 is 0 Å². The summed E-state index contributed by atoms with van der Waals surface area (Å²) in [5.74, 6) is 0.389. The third-order valence-corrected chi connectivity index (χ3v) is 9.37. The van der Waals surface area contributed by atoms with Crippen molar-refractivity contribution in [3.8, 4) is 22.5 Å². The van der Waals surface area contributed by atoms with Gasteiger partial charge in [-0.3, -0.25) is 9.78 Å². The molecule has 1 fully saturated rings. The van der Waals surface area contributed by atoms with Crippen LogP contribution in [0.4, 0.5) is 0 Å². The Hall–Kier alpha value is -3.86. The van der Waals surface area contributed by atoms with E-state index >= 15 is 0 Å². The van der Waals surface area contributed by atoms with Crippen LogP contribution in [-0.2, 0) is 17.0 Å². The van der Waals surface area contributed by atoms with E-state index in [1.807, 2.05) is 42.5 Å². The molecule has 6 rings (SSSR count). The van der Waals surface area contributed by atoms with Crippen LogP contribution in [0.15, 0.2) is 74.9 Å². The molecular formula is C30H33N5O4Si. The quantitative estimate of drug-likeness (QED) is 0.212. The zero-order valence-electron chi connectivity index (χ0n) is 23.0. The number of pyridine rings is 2. The summed E-state index contributed by atoms with van der Waals surface area (Å²) >= 11 is 0. The summed E-state index contributed by atoms with van der Waals surface area (Å²) in [5, 5.41) is 4.83. The topological polar surface area (TPSA) is 118 Å². The smallest absolute Gasteiger partial charge is 0.352 e. The Bertz CT molecular complexity index is 1810. The SMILES string of the molecule is C[Si](C)(C)CCOCn1nc2c3oc(-c4ccccc4)c(-c4ccc(C5(N)CCC5)nc4)c(=O)c3ccn2c1=O. The summed E-state index contributed by atoms with van der Waals surface area (Å²) in [5.41, 5.74) is 8.60. The summed E-state index contributed by atoms with van der Waals surface area (Å²) in [7, 11) is -1.27. The average Bonchev–Trinajstić information content (AvgIpc) is 3.25. The number of nitrogens with zero attached hydrogens (tertiary/aromatic N) is 4. The molecule has 9 nitrogen and oxygen atoms in total. The second-order valence-electron chi connectivity index (χ2n) is 11.8. The zero-order chi connectivity index (χ0) is 28.1. The van der Waals surface area contributed by atoms with Crippen LogP contribution in [0.3, 0.4) is 0 Å². The Balaban J connectivity index is 1.48. The standard InChI is InChI=1S/C30H33N5O4Si/c1-40(2,3)17-16-38-19-35-29(37)34-15-12-22-25(36)24(21-10-11-23(32-18-21)30(31)13-7-14-30)26(20-8-5-4-6-9-20)39-27(22)28(34)33-35/h4-6,8-12,15,18H,7,13-14,16-17,19,31H2,1-3H3. The third-order valence-electron chi connectivity index (χ3n) is 7.67. The highest BCUT2D eigenvalue weighted by molar-refractivity contribution is 6.76.